The molecule has 2 aromatic carbocycles. The van der Waals surface area contributed by atoms with Crippen LogP contribution in [0.2, 0.25) is 0 Å². The van der Waals surface area contributed by atoms with Gasteiger partial charge in [0.05, 0.1) is 12.6 Å². The Morgan fingerprint density at radius 3 is 2.32 bits per heavy atom. The van der Waals surface area contributed by atoms with Gasteiger partial charge in [0.25, 0.3) is 0 Å². The first-order valence-electron chi connectivity index (χ1n) is 11.7. The lowest BCUT2D eigenvalue weighted by atomic mass is 9.98. The summed E-state index contributed by atoms with van der Waals surface area (Å²) in [5, 5.41) is 12.8. The van der Waals surface area contributed by atoms with Crippen LogP contribution in [0.4, 0.5) is 4.79 Å². The van der Waals surface area contributed by atoms with Gasteiger partial charge in [0.15, 0.2) is 0 Å². The SMILES string of the molecule is C[C@@H]1NCC[C@H]1N(Cc1cc(C(=O)O)n(C)c1)C(=O)OCC1c2ccccc2-c2ccccc21. The Morgan fingerprint density at radius 1 is 1.12 bits per heavy atom. The largest absolute Gasteiger partial charge is 0.477 e. The van der Waals surface area contributed by atoms with Crippen molar-refractivity contribution >= 4 is 12.1 Å². The summed E-state index contributed by atoms with van der Waals surface area (Å²) >= 11 is 0. The quantitative estimate of drug-likeness (QED) is 0.577. The number of carbonyl (C=O) groups is 2. The smallest absolute Gasteiger partial charge is 0.410 e. The number of ether oxygens (including phenoxy) is 1. The van der Waals surface area contributed by atoms with Crippen molar-refractivity contribution in [1.82, 2.24) is 14.8 Å². The molecule has 2 aliphatic rings. The number of aromatic carboxylic acids is 1. The lowest BCUT2D eigenvalue weighted by Gasteiger charge is -2.31. The van der Waals surface area contributed by atoms with E-state index in [9.17, 15) is 14.7 Å². The summed E-state index contributed by atoms with van der Waals surface area (Å²) in [6.45, 7) is 3.45. The molecule has 0 unspecified atom stereocenters. The summed E-state index contributed by atoms with van der Waals surface area (Å²) in [5.74, 6) is -0.995. The van der Waals surface area contributed by atoms with E-state index in [1.165, 1.54) is 22.3 Å². The lowest BCUT2D eigenvalue weighted by molar-refractivity contribution is 0.0686. The van der Waals surface area contributed by atoms with Crippen molar-refractivity contribution in [2.75, 3.05) is 13.2 Å². The fourth-order valence-corrected chi connectivity index (χ4v) is 5.39. The zero-order valence-corrected chi connectivity index (χ0v) is 19.4. The Balaban J connectivity index is 1.37. The average Bonchev–Trinajstić information content (AvgIpc) is 3.51. The molecule has 0 bridgehead atoms. The Hall–Kier alpha value is -3.58. The topological polar surface area (TPSA) is 83.8 Å². The minimum atomic E-state index is -0.989. The molecule has 1 aliphatic carbocycles. The summed E-state index contributed by atoms with van der Waals surface area (Å²) < 4.78 is 7.53. The number of nitrogens with zero attached hydrogens (tertiary/aromatic N) is 2. The zero-order valence-electron chi connectivity index (χ0n) is 19.4. The third-order valence-corrected chi connectivity index (χ3v) is 7.09. The highest BCUT2D eigenvalue weighted by molar-refractivity contribution is 5.86. The van der Waals surface area contributed by atoms with Crippen molar-refractivity contribution in [3.05, 3.63) is 83.2 Å². The minimum Gasteiger partial charge on any atom is -0.477 e. The number of carboxylic acids is 1. The van der Waals surface area contributed by atoms with Gasteiger partial charge in [-0.05, 0) is 53.8 Å². The number of aromatic nitrogens is 1. The van der Waals surface area contributed by atoms with E-state index in [4.69, 9.17) is 4.74 Å². The molecule has 7 nitrogen and oxygen atoms in total. The number of fused-ring (bicyclic) bond motifs is 3. The first-order valence-corrected chi connectivity index (χ1v) is 11.7. The fraction of sp³-hybridized carbons (Fsp3) is 0.333. The van der Waals surface area contributed by atoms with Crippen LogP contribution in [-0.4, -0.2) is 51.9 Å². The van der Waals surface area contributed by atoms with Crippen LogP contribution in [0.15, 0.2) is 60.8 Å². The Bertz CT molecular complexity index is 1190. The fourth-order valence-electron chi connectivity index (χ4n) is 5.39. The molecule has 34 heavy (non-hydrogen) atoms. The van der Waals surface area contributed by atoms with E-state index in [0.717, 1.165) is 18.5 Å². The molecule has 2 atom stereocenters. The molecule has 0 spiro atoms. The van der Waals surface area contributed by atoms with E-state index in [-0.39, 0.29) is 36.4 Å². The van der Waals surface area contributed by atoms with Crippen molar-refractivity contribution < 1.29 is 19.4 Å². The van der Waals surface area contributed by atoms with Gasteiger partial charge in [-0.2, -0.15) is 0 Å². The third-order valence-electron chi connectivity index (χ3n) is 7.09. The molecular weight excluding hydrogens is 430 g/mol. The van der Waals surface area contributed by atoms with Crippen LogP contribution in [-0.2, 0) is 18.3 Å². The maximum absolute atomic E-state index is 13.4. The van der Waals surface area contributed by atoms with Crippen LogP contribution in [0.25, 0.3) is 11.1 Å². The van der Waals surface area contributed by atoms with Crippen molar-refractivity contribution in [3.63, 3.8) is 0 Å². The van der Waals surface area contributed by atoms with E-state index in [0.29, 0.717) is 6.54 Å². The normalized spacial score (nSPS) is 19.0. The highest BCUT2D eigenvalue weighted by Crippen LogP contribution is 2.44. The number of carbonyl (C=O) groups excluding carboxylic acids is 1. The second kappa shape index (κ2) is 8.99. The van der Waals surface area contributed by atoms with Crippen LogP contribution in [0.3, 0.4) is 0 Å². The molecule has 7 heteroatoms. The highest BCUT2D eigenvalue weighted by atomic mass is 16.6. The summed E-state index contributed by atoms with van der Waals surface area (Å²) in [6, 6.07) is 18.3. The molecule has 3 aromatic rings. The van der Waals surface area contributed by atoms with E-state index in [2.05, 4.69) is 36.5 Å². The van der Waals surface area contributed by atoms with Gasteiger partial charge in [0.2, 0.25) is 0 Å². The lowest BCUT2D eigenvalue weighted by Crippen LogP contribution is -2.45. The van der Waals surface area contributed by atoms with Gasteiger partial charge in [-0.25, -0.2) is 9.59 Å². The maximum Gasteiger partial charge on any atom is 0.410 e. The van der Waals surface area contributed by atoms with Crippen LogP contribution in [0.5, 0.6) is 0 Å². The Labute approximate surface area is 199 Å². The first-order chi connectivity index (χ1) is 16.4. The molecule has 176 valence electrons. The predicted molar refractivity (Wildman–Crippen MR) is 129 cm³/mol. The summed E-state index contributed by atoms with van der Waals surface area (Å²) in [7, 11) is 1.70. The van der Waals surface area contributed by atoms with E-state index in [1.807, 2.05) is 24.3 Å². The molecule has 0 radical (unpaired) electrons. The van der Waals surface area contributed by atoms with Crippen LogP contribution >= 0.6 is 0 Å². The van der Waals surface area contributed by atoms with Gasteiger partial charge in [-0.15, -0.1) is 0 Å². The van der Waals surface area contributed by atoms with E-state index in [1.54, 1.807) is 28.8 Å². The highest BCUT2D eigenvalue weighted by Gasteiger charge is 2.35. The number of aryl methyl sites for hydroxylation is 1. The molecule has 0 saturated carbocycles. The molecule has 1 saturated heterocycles. The van der Waals surface area contributed by atoms with Gasteiger partial charge in [-0.3, -0.25) is 4.90 Å². The number of hydrogen-bond donors (Lipinski definition) is 2. The van der Waals surface area contributed by atoms with Gasteiger partial charge < -0.3 is 19.7 Å². The number of amides is 1. The van der Waals surface area contributed by atoms with E-state index < -0.39 is 5.97 Å². The third kappa shape index (κ3) is 3.96. The molecule has 1 aliphatic heterocycles. The molecule has 2 N–H and O–H groups in total. The van der Waals surface area contributed by atoms with Gasteiger partial charge in [0, 0.05) is 25.2 Å². The predicted octanol–water partition coefficient (Wildman–Crippen LogP) is 4.22. The number of hydrogen-bond acceptors (Lipinski definition) is 4. The molecular formula is C27H29N3O4. The first kappa shape index (κ1) is 22.2. The summed E-state index contributed by atoms with van der Waals surface area (Å²) in [5.41, 5.74) is 5.69. The number of benzene rings is 2. The Morgan fingerprint density at radius 2 is 1.76 bits per heavy atom. The van der Waals surface area contributed by atoms with Crippen LogP contribution in [0.1, 0.15) is 46.4 Å². The average molecular weight is 460 g/mol. The maximum atomic E-state index is 13.4. The van der Waals surface area contributed by atoms with Crippen molar-refractivity contribution in [1.29, 1.82) is 0 Å². The number of carboxylic acid groups (broad SMARTS) is 1. The molecule has 2 heterocycles. The van der Waals surface area contributed by atoms with Crippen molar-refractivity contribution in [3.8, 4) is 11.1 Å². The number of nitrogens with one attached hydrogen (secondary N) is 1. The van der Waals surface area contributed by atoms with Crippen LogP contribution < -0.4 is 5.32 Å². The van der Waals surface area contributed by atoms with Gasteiger partial charge in [-0.1, -0.05) is 48.5 Å². The Kier molecular flexibility index (Phi) is 5.87. The second-order valence-electron chi connectivity index (χ2n) is 9.18. The van der Waals surface area contributed by atoms with Gasteiger partial charge in [0.1, 0.15) is 12.3 Å². The molecule has 1 fully saturated rings. The summed E-state index contributed by atoms with van der Waals surface area (Å²) in [4.78, 5) is 26.7. The van der Waals surface area contributed by atoms with Crippen molar-refractivity contribution in [2.24, 2.45) is 7.05 Å². The standard InChI is InChI=1S/C27H29N3O4/c1-17-24(11-12-28-17)30(15-18-13-25(26(31)32)29(2)14-18)27(33)34-16-23-21-9-5-3-7-19(21)20-8-4-6-10-22(20)23/h3-10,13-14,17,23-24,28H,11-12,15-16H2,1-2H3,(H,31,32)/t17-,24+/m0/s1. The monoisotopic (exact) mass is 459 g/mol. The summed E-state index contributed by atoms with van der Waals surface area (Å²) in [6.07, 6.45) is 2.22. The zero-order chi connectivity index (χ0) is 23.8. The molecule has 5 rings (SSSR count). The second-order valence-corrected chi connectivity index (χ2v) is 9.18. The minimum absolute atomic E-state index is 0.00679. The molecule has 1 amide bonds. The van der Waals surface area contributed by atoms with Gasteiger partial charge >= 0.3 is 12.1 Å². The molecule has 1 aromatic heterocycles. The van der Waals surface area contributed by atoms with Crippen molar-refractivity contribution in [2.45, 2.75) is 37.9 Å². The number of rotatable bonds is 6. The van der Waals surface area contributed by atoms with Crippen LogP contribution in [0, 0.1) is 0 Å². The van der Waals surface area contributed by atoms with E-state index >= 15 is 0 Å².